The van der Waals surface area contributed by atoms with E-state index in [9.17, 15) is 9.59 Å². The van der Waals surface area contributed by atoms with Gasteiger partial charge < -0.3 is 20.9 Å². The maximum absolute atomic E-state index is 11.9. The first-order valence-corrected chi connectivity index (χ1v) is 7.63. The van der Waals surface area contributed by atoms with Crippen LogP contribution in [0.25, 0.3) is 0 Å². The summed E-state index contributed by atoms with van der Waals surface area (Å²) < 4.78 is 4.89. The Bertz CT molecular complexity index is 308. The lowest BCUT2D eigenvalue weighted by Crippen LogP contribution is -2.41. The first-order valence-electron chi connectivity index (χ1n) is 7.63. The number of carbonyl (C=O) groups is 2. The number of ether oxygens (including phenoxy) is 1. The van der Waals surface area contributed by atoms with Gasteiger partial charge in [-0.2, -0.15) is 0 Å². The van der Waals surface area contributed by atoms with Crippen molar-refractivity contribution in [1.82, 2.24) is 5.32 Å². The second-order valence-corrected chi connectivity index (χ2v) is 5.71. The van der Waals surface area contributed by atoms with Crippen LogP contribution in [0.2, 0.25) is 0 Å². The maximum Gasteiger partial charge on any atom is 0.326 e. The molecule has 2 atom stereocenters. The monoisotopic (exact) mass is 302 g/mol. The lowest BCUT2D eigenvalue weighted by molar-refractivity contribution is -0.142. The van der Waals surface area contributed by atoms with Crippen molar-refractivity contribution in [1.29, 1.82) is 0 Å². The number of nitrogens with one attached hydrogen (secondary N) is 1. The van der Waals surface area contributed by atoms with E-state index in [0.29, 0.717) is 44.2 Å². The largest absolute Gasteiger partial charge is 0.480 e. The van der Waals surface area contributed by atoms with Gasteiger partial charge in [-0.25, -0.2) is 4.79 Å². The zero-order valence-corrected chi connectivity index (χ0v) is 13.4. The number of amides is 1. The van der Waals surface area contributed by atoms with Crippen molar-refractivity contribution in [3.63, 3.8) is 0 Å². The fraction of sp³-hybridized carbons (Fsp3) is 0.867. The van der Waals surface area contributed by atoms with Crippen LogP contribution in [0.5, 0.6) is 0 Å². The van der Waals surface area contributed by atoms with Gasteiger partial charge in [-0.3, -0.25) is 4.79 Å². The number of nitrogens with two attached hydrogens (primary N) is 1. The molecule has 21 heavy (non-hydrogen) atoms. The Morgan fingerprint density at radius 2 is 1.90 bits per heavy atom. The molecule has 0 fully saturated rings. The molecule has 0 saturated carbocycles. The minimum absolute atomic E-state index is 0.206. The molecular formula is C15H30N2O4. The Labute approximate surface area is 127 Å². The molecule has 0 heterocycles. The summed E-state index contributed by atoms with van der Waals surface area (Å²) in [6, 6.07) is -0.834. The Balaban J connectivity index is 4.20. The Morgan fingerprint density at radius 3 is 2.38 bits per heavy atom. The number of hydrogen-bond donors (Lipinski definition) is 3. The van der Waals surface area contributed by atoms with Gasteiger partial charge in [0.2, 0.25) is 5.91 Å². The predicted molar refractivity (Wildman–Crippen MR) is 81.9 cm³/mol. The van der Waals surface area contributed by atoms with Gasteiger partial charge >= 0.3 is 5.97 Å². The fourth-order valence-corrected chi connectivity index (χ4v) is 2.30. The molecule has 0 spiro atoms. The number of carboxylic acid groups (broad SMARTS) is 1. The molecule has 0 aliphatic carbocycles. The number of methoxy groups -OCH3 is 1. The van der Waals surface area contributed by atoms with Crippen LogP contribution in [-0.4, -0.2) is 43.3 Å². The van der Waals surface area contributed by atoms with E-state index in [1.165, 1.54) is 0 Å². The molecule has 0 aromatic carbocycles. The zero-order chi connectivity index (χ0) is 16.3. The lowest BCUT2D eigenvalue weighted by Gasteiger charge is -2.20. The molecule has 0 aromatic rings. The van der Waals surface area contributed by atoms with Crippen molar-refractivity contribution >= 4 is 11.9 Å². The van der Waals surface area contributed by atoms with Crippen molar-refractivity contribution < 1.29 is 19.4 Å². The number of aliphatic carboxylic acids is 1. The minimum atomic E-state index is -0.998. The number of hydrogen-bond acceptors (Lipinski definition) is 4. The summed E-state index contributed by atoms with van der Waals surface area (Å²) in [6.07, 6.45) is 2.96. The van der Waals surface area contributed by atoms with Crippen molar-refractivity contribution in [3.05, 3.63) is 0 Å². The van der Waals surface area contributed by atoms with E-state index in [2.05, 4.69) is 19.2 Å². The Kier molecular flexibility index (Phi) is 10.9. The summed E-state index contributed by atoms with van der Waals surface area (Å²) in [5.74, 6) is -0.333. The van der Waals surface area contributed by atoms with Gasteiger partial charge in [0.1, 0.15) is 6.04 Å². The molecule has 4 N–H and O–H groups in total. The molecule has 2 unspecified atom stereocenters. The number of carboxylic acids is 1. The third-order valence-electron chi connectivity index (χ3n) is 3.70. The molecule has 6 heteroatoms. The van der Waals surface area contributed by atoms with E-state index < -0.39 is 12.0 Å². The quantitative estimate of drug-likeness (QED) is 0.473. The fourth-order valence-electron chi connectivity index (χ4n) is 2.30. The van der Waals surface area contributed by atoms with Gasteiger partial charge in [-0.15, -0.1) is 0 Å². The average Bonchev–Trinajstić information content (AvgIpc) is 2.42. The highest BCUT2D eigenvalue weighted by molar-refractivity contribution is 5.83. The van der Waals surface area contributed by atoms with Crippen LogP contribution >= 0.6 is 0 Å². The summed E-state index contributed by atoms with van der Waals surface area (Å²) in [5, 5.41) is 11.7. The van der Waals surface area contributed by atoms with Crippen molar-refractivity contribution in [2.45, 2.75) is 52.0 Å². The van der Waals surface area contributed by atoms with E-state index in [4.69, 9.17) is 15.6 Å². The van der Waals surface area contributed by atoms with E-state index in [1.807, 2.05) is 0 Å². The molecule has 0 bridgehead atoms. The normalized spacial score (nSPS) is 14.0. The zero-order valence-electron chi connectivity index (χ0n) is 13.4. The smallest absolute Gasteiger partial charge is 0.326 e. The molecule has 0 saturated heterocycles. The lowest BCUT2D eigenvalue weighted by atomic mass is 9.88. The van der Waals surface area contributed by atoms with Gasteiger partial charge in [0.25, 0.3) is 0 Å². The third kappa shape index (κ3) is 9.42. The molecule has 1 amide bonds. The van der Waals surface area contributed by atoms with Gasteiger partial charge in [0, 0.05) is 20.1 Å². The van der Waals surface area contributed by atoms with Gasteiger partial charge in [0.05, 0.1) is 0 Å². The number of carbonyl (C=O) groups excluding carboxylic acids is 1. The van der Waals surface area contributed by atoms with Crippen molar-refractivity contribution in [2.24, 2.45) is 17.6 Å². The van der Waals surface area contributed by atoms with Crippen molar-refractivity contribution in [3.8, 4) is 0 Å². The first-order chi connectivity index (χ1) is 9.92. The van der Waals surface area contributed by atoms with E-state index in [0.717, 1.165) is 12.8 Å². The highest BCUT2D eigenvalue weighted by Gasteiger charge is 2.20. The first kappa shape index (κ1) is 19.9. The van der Waals surface area contributed by atoms with E-state index in [-0.39, 0.29) is 5.91 Å². The molecule has 0 radical (unpaired) electrons. The summed E-state index contributed by atoms with van der Waals surface area (Å²) in [5.41, 5.74) is 5.57. The summed E-state index contributed by atoms with van der Waals surface area (Å²) in [4.78, 5) is 23.0. The van der Waals surface area contributed by atoms with Crippen molar-refractivity contribution in [2.75, 3.05) is 20.3 Å². The SMILES string of the molecule is COCCCC(NC(=O)CCC(CCN)C(C)C)C(=O)O. The summed E-state index contributed by atoms with van der Waals surface area (Å²) >= 11 is 0. The minimum Gasteiger partial charge on any atom is -0.480 e. The molecule has 0 aromatic heterocycles. The molecule has 0 rings (SSSR count). The standard InChI is InChI=1S/C15H30N2O4/c1-11(2)12(8-9-16)6-7-14(18)17-13(15(19)20)5-4-10-21-3/h11-13H,4-10,16H2,1-3H3,(H,17,18)(H,19,20). The molecule has 124 valence electrons. The Hall–Kier alpha value is -1.14. The predicted octanol–water partition coefficient (Wildman–Crippen LogP) is 1.38. The van der Waals surface area contributed by atoms with Gasteiger partial charge in [0.15, 0.2) is 0 Å². The van der Waals surface area contributed by atoms with E-state index in [1.54, 1.807) is 7.11 Å². The van der Waals surface area contributed by atoms with Crippen LogP contribution in [0.15, 0.2) is 0 Å². The highest BCUT2D eigenvalue weighted by Crippen LogP contribution is 2.20. The summed E-state index contributed by atoms with van der Waals surface area (Å²) in [6.45, 7) is 5.33. The van der Waals surface area contributed by atoms with Crippen LogP contribution in [0.3, 0.4) is 0 Å². The maximum atomic E-state index is 11.9. The molecule has 0 aliphatic rings. The molecule has 6 nitrogen and oxygen atoms in total. The second kappa shape index (κ2) is 11.5. The Morgan fingerprint density at radius 1 is 1.24 bits per heavy atom. The molecule has 0 aliphatic heterocycles. The van der Waals surface area contributed by atoms with Crippen LogP contribution < -0.4 is 11.1 Å². The van der Waals surface area contributed by atoms with Gasteiger partial charge in [-0.1, -0.05) is 13.8 Å². The third-order valence-corrected chi connectivity index (χ3v) is 3.70. The van der Waals surface area contributed by atoms with Gasteiger partial charge in [-0.05, 0) is 44.1 Å². The number of rotatable bonds is 12. The summed E-state index contributed by atoms with van der Waals surface area (Å²) in [7, 11) is 1.57. The van der Waals surface area contributed by atoms with E-state index >= 15 is 0 Å². The van der Waals surface area contributed by atoms with Crippen LogP contribution in [0.1, 0.15) is 46.0 Å². The topological polar surface area (TPSA) is 102 Å². The van der Waals surface area contributed by atoms with Crippen LogP contribution in [-0.2, 0) is 14.3 Å². The highest BCUT2D eigenvalue weighted by atomic mass is 16.5. The second-order valence-electron chi connectivity index (χ2n) is 5.71. The average molecular weight is 302 g/mol. The van der Waals surface area contributed by atoms with Crippen LogP contribution in [0.4, 0.5) is 0 Å². The molecular weight excluding hydrogens is 272 g/mol. The van der Waals surface area contributed by atoms with Crippen LogP contribution in [0, 0.1) is 11.8 Å².